The highest BCUT2D eigenvalue weighted by atomic mass is 35.5. The predicted molar refractivity (Wildman–Crippen MR) is 112 cm³/mol. The summed E-state index contributed by atoms with van der Waals surface area (Å²) in [5, 5.41) is 11.4. The summed E-state index contributed by atoms with van der Waals surface area (Å²) in [5.74, 6) is -1.55. The molecule has 2 aromatic heterocycles. The van der Waals surface area contributed by atoms with Gasteiger partial charge in [0.2, 0.25) is 0 Å². The van der Waals surface area contributed by atoms with Crippen LogP contribution in [0, 0.1) is 0 Å². The van der Waals surface area contributed by atoms with E-state index in [0.717, 1.165) is 0 Å². The highest BCUT2D eigenvalue weighted by molar-refractivity contribution is 6.46. The SMILES string of the molecule is O=C1C(=O)N(CCCn2ccnc2)[C@H](c2ccncc2)C1=C(O)c1ccc(Cl)cc1. The van der Waals surface area contributed by atoms with Crippen LogP contribution >= 0.6 is 11.6 Å². The molecule has 1 aromatic carbocycles. The van der Waals surface area contributed by atoms with E-state index in [-0.39, 0.29) is 11.3 Å². The number of aliphatic hydroxyl groups excluding tert-OH is 1. The van der Waals surface area contributed by atoms with Gasteiger partial charge in [-0.25, -0.2) is 4.98 Å². The first-order chi connectivity index (χ1) is 14.6. The monoisotopic (exact) mass is 422 g/mol. The molecule has 1 fully saturated rings. The maximum absolute atomic E-state index is 12.9. The molecule has 1 atom stereocenters. The Bertz CT molecular complexity index is 1080. The van der Waals surface area contributed by atoms with Crippen LogP contribution in [0.25, 0.3) is 5.76 Å². The van der Waals surface area contributed by atoms with Gasteiger partial charge in [-0.15, -0.1) is 0 Å². The Morgan fingerprint density at radius 1 is 1.00 bits per heavy atom. The number of amides is 1. The van der Waals surface area contributed by atoms with Crippen LogP contribution in [0.5, 0.6) is 0 Å². The molecule has 1 N–H and O–H groups in total. The summed E-state index contributed by atoms with van der Waals surface area (Å²) < 4.78 is 1.91. The second-order valence-electron chi connectivity index (χ2n) is 6.93. The smallest absolute Gasteiger partial charge is 0.295 e. The molecule has 1 aliphatic heterocycles. The fourth-order valence-electron chi connectivity index (χ4n) is 3.61. The maximum atomic E-state index is 12.9. The third-order valence-electron chi connectivity index (χ3n) is 5.05. The minimum absolute atomic E-state index is 0.0659. The first-order valence-corrected chi connectivity index (χ1v) is 9.84. The van der Waals surface area contributed by atoms with E-state index >= 15 is 0 Å². The number of halogens is 1. The van der Waals surface area contributed by atoms with Crippen LogP contribution in [-0.4, -0.2) is 42.8 Å². The number of aryl methyl sites for hydroxylation is 1. The van der Waals surface area contributed by atoms with Crippen molar-refractivity contribution in [1.82, 2.24) is 19.4 Å². The molecule has 4 rings (SSSR count). The van der Waals surface area contributed by atoms with E-state index in [1.54, 1.807) is 61.3 Å². The first kappa shape index (κ1) is 19.8. The number of carbonyl (C=O) groups is 2. The summed E-state index contributed by atoms with van der Waals surface area (Å²) in [5.41, 5.74) is 1.20. The summed E-state index contributed by atoms with van der Waals surface area (Å²) in [6, 6.07) is 9.29. The third kappa shape index (κ3) is 3.84. The number of aliphatic hydroxyl groups is 1. The maximum Gasteiger partial charge on any atom is 0.295 e. The number of nitrogens with zero attached hydrogens (tertiary/aromatic N) is 4. The lowest BCUT2D eigenvalue weighted by atomic mass is 9.96. The molecule has 3 aromatic rings. The highest BCUT2D eigenvalue weighted by Gasteiger charge is 2.45. The molecule has 0 aliphatic carbocycles. The van der Waals surface area contributed by atoms with Crippen molar-refractivity contribution in [3.8, 4) is 0 Å². The summed E-state index contributed by atoms with van der Waals surface area (Å²) >= 11 is 5.93. The van der Waals surface area contributed by atoms with E-state index in [0.29, 0.717) is 35.7 Å². The molecule has 1 saturated heterocycles. The van der Waals surface area contributed by atoms with Gasteiger partial charge in [0.25, 0.3) is 11.7 Å². The van der Waals surface area contributed by atoms with Gasteiger partial charge in [-0.3, -0.25) is 14.6 Å². The van der Waals surface area contributed by atoms with Gasteiger partial charge in [0.1, 0.15) is 5.76 Å². The fraction of sp³-hybridized carbons (Fsp3) is 0.182. The Balaban J connectivity index is 1.71. The number of carbonyl (C=O) groups excluding carboxylic acids is 2. The average molecular weight is 423 g/mol. The van der Waals surface area contributed by atoms with Crippen molar-refractivity contribution in [1.29, 1.82) is 0 Å². The van der Waals surface area contributed by atoms with Gasteiger partial charge in [0, 0.05) is 48.5 Å². The number of pyridine rings is 1. The normalized spacial score (nSPS) is 18.2. The van der Waals surface area contributed by atoms with Crippen LogP contribution in [0.4, 0.5) is 0 Å². The number of likely N-dealkylation sites (tertiary alicyclic amines) is 1. The van der Waals surface area contributed by atoms with Gasteiger partial charge >= 0.3 is 0 Å². The Labute approximate surface area is 178 Å². The Hall–Kier alpha value is -3.45. The molecular weight excluding hydrogens is 404 g/mol. The van der Waals surface area contributed by atoms with Crippen molar-refractivity contribution in [2.75, 3.05) is 6.54 Å². The van der Waals surface area contributed by atoms with Gasteiger partial charge in [0.05, 0.1) is 17.9 Å². The van der Waals surface area contributed by atoms with E-state index in [9.17, 15) is 14.7 Å². The van der Waals surface area contributed by atoms with E-state index in [1.807, 2.05) is 10.8 Å². The molecule has 7 nitrogen and oxygen atoms in total. The molecule has 0 saturated carbocycles. The van der Waals surface area contributed by atoms with Gasteiger partial charge in [0.15, 0.2) is 0 Å². The molecular formula is C22H19ClN4O3. The number of ketones is 1. The van der Waals surface area contributed by atoms with Crippen molar-refractivity contribution >= 4 is 29.1 Å². The lowest BCUT2D eigenvalue weighted by molar-refractivity contribution is -0.139. The first-order valence-electron chi connectivity index (χ1n) is 9.46. The minimum atomic E-state index is -0.702. The highest BCUT2D eigenvalue weighted by Crippen LogP contribution is 2.39. The molecule has 8 heteroatoms. The van der Waals surface area contributed by atoms with Crippen LogP contribution < -0.4 is 0 Å². The second kappa shape index (κ2) is 8.51. The zero-order chi connectivity index (χ0) is 21.1. The molecule has 0 radical (unpaired) electrons. The molecule has 1 amide bonds. The Morgan fingerprint density at radius 2 is 1.73 bits per heavy atom. The van der Waals surface area contributed by atoms with E-state index in [2.05, 4.69) is 9.97 Å². The third-order valence-corrected chi connectivity index (χ3v) is 5.31. The molecule has 0 spiro atoms. The quantitative estimate of drug-likeness (QED) is 0.373. The topological polar surface area (TPSA) is 88.3 Å². The zero-order valence-electron chi connectivity index (χ0n) is 16.0. The zero-order valence-corrected chi connectivity index (χ0v) is 16.7. The van der Waals surface area contributed by atoms with Crippen LogP contribution in [0.2, 0.25) is 5.02 Å². The number of imidazole rings is 1. The Kier molecular flexibility index (Phi) is 5.63. The average Bonchev–Trinajstić information content (AvgIpc) is 3.37. The molecule has 3 heterocycles. The number of rotatable bonds is 6. The number of hydrogen-bond donors (Lipinski definition) is 1. The van der Waals surface area contributed by atoms with Gasteiger partial charge in [-0.2, -0.15) is 0 Å². The standard InChI is InChI=1S/C22H19ClN4O3/c23-17-4-2-16(3-5-17)20(28)18-19(15-6-8-24-9-7-15)27(22(30)21(18)29)12-1-11-26-13-10-25-14-26/h2-10,13-14,19,28H,1,11-12H2/t19-/m1/s1. The molecule has 152 valence electrons. The molecule has 0 bridgehead atoms. The van der Waals surface area contributed by atoms with Gasteiger partial charge in [-0.05, 0) is 48.4 Å². The summed E-state index contributed by atoms with van der Waals surface area (Å²) in [6.45, 7) is 1.01. The summed E-state index contributed by atoms with van der Waals surface area (Å²) in [4.78, 5) is 35.3. The summed E-state index contributed by atoms with van der Waals surface area (Å²) in [6.07, 6.45) is 9.07. The predicted octanol–water partition coefficient (Wildman–Crippen LogP) is 3.44. The van der Waals surface area contributed by atoms with E-state index in [4.69, 9.17) is 11.6 Å². The molecule has 0 unspecified atom stereocenters. The van der Waals surface area contributed by atoms with Crippen molar-refractivity contribution in [3.05, 3.63) is 89.2 Å². The van der Waals surface area contributed by atoms with Crippen LogP contribution in [0.15, 0.2) is 73.1 Å². The van der Waals surface area contributed by atoms with Crippen LogP contribution in [0.1, 0.15) is 23.6 Å². The van der Waals surface area contributed by atoms with Crippen molar-refractivity contribution in [3.63, 3.8) is 0 Å². The van der Waals surface area contributed by atoms with Gasteiger partial charge in [-0.1, -0.05) is 11.6 Å². The van der Waals surface area contributed by atoms with Crippen molar-refractivity contribution in [2.24, 2.45) is 0 Å². The number of Topliss-reactive ketones (excluding diaryl/α,β-unsaturated/α-hetero) is 1. The van der Waals surface area contributed by atoms with Crippen molar-refractivity contribution in [2.45, 2.75) is 19.0 Å². The number of hydrogen-bond acceptors (Lipinski definition) is 5. The largest absolute Gasteiger partial charge is 0.507 e. The Morgan fingerprint density at radius 3 is 2.40 bits per heavy atom. The molecule has 1 aliphatic rings. The van der Waals surface area contributed by atoms with E-state index in [1.165, 1.54) is 4.90 Å². The number of aromatic nitrogens is 3. The second-order valence-corrected chi connectivity index (χ2v) is 7.37. The van der Waals surface area contributed by atoms with Crippen LogP contribution in [0.3, 0.4) is 0 Å². The van der Waals surface area contributed by atoms with Crippen molar-refractivity contribution < 1.29 is 14.7 Å². The summed E-state index contributed by atoms with van der Waals surface area (Å²) in [7, 11) is 0. The van der Waals surface area contributed by atoms with Crippen LogP contribution in [-0.2, 0) is 16.1 Å². The lowest BCUT2D eigenvalue weighted by Crippen LogP contribution is -2.31. The minimum Gasteiger partial charge on any atom is -0.507 e. The van der Waals surface area contributed by atoms with Gasteiger partial charge < -0.3 is 14.6 Å². The fourth-order valence-corrected chi connectivity index (χ4v) is 3.73. The lowest BCUT2D eigenvalue weighted by Gasteiger charge is -2.25. The molecule has 30 heavy (non-hydrogen) atoms. The van der Waals surface area contributed by atoms with E-state index < -0.39 is 17.7 Å². The number of benzene rings is 1.